The van der Waals surface area contributed by atoms with Gasteiger partial charge in [0.25, 0.3) is 0 Å². The lowest BCUT2D eigenvalue weighted by Crippen LogP contribution is -2.47. The predicted octanol–water partition coefficient (Wildman–Crippen LogP) is 6.55. The third-order valence-electron chi connectivity index (χ3n) is 10.6. The smallest absolute Gasteiger partial charge is 0.417 e. The van der Waals surface area contributed by atoms with Gasteiger partial charge in [-0.25, -0.2) is 22.9 Å². The molecule has 10 nitrogen and oxygen atoms in total. The van der Waals surface area contributed by atoms with Crippen molar-refractivity contribution in [1.29, 1.82) is 0 Å². The van der Waals surface area contributed by atoms with Crippen molar-refractivity contribution in [3.05, 3.63) is 35.4 Å². The monoisotopic (exact) mass is 721 g/mol. The molecule has 4 saturated heterocycles. The molecule has 4 fully saturated rings. The second-order valence-electron chi connectivity index (χ2n) is 13.6. The van der Waals surface area contributed by atoms with Crippen LogP contribution in [-0.4, -0.2) is 94.0 Å². The van der Waals surface area contributed by atoms with E-state index in [2.05, 4.69) is 15.0 Å². The molecule has 2 aromatic carbocycles. The van der Waals surface area contributed by atoms with E-state index in [1.807, 2.05) is 11.8 Å². The third-order valence-corrected chi connectivity index (χ3v) is 11.5. The summed E-state index contributed by atoms with van der Waals surface area (Å²) >= 11 is 0.740. The molecule has 1 spiro atoms. The second kappa shape index (κ2) is 11.7. The molecule has 0 radical (unpaired) electrons. The van der Waals surface area contributed by atoms with E-state index in [-0.39, 0.29) is 70.8 Å². The molecule has 0 unspecified atom stereocenters. The number of nitrogens with zero attached hydrogens (tertiary/aromatic N) is 6. The van der Waals surface area contributed by atoms with E-state index < -0.39 is 57.9 Å². The van der Waals surface area contributed by atoms with E-state index in [1.54, 1.807) is 9.80 Å². The quantitative estimate of drug-likeness (QED) is 0.222. The van der Waals surface area contributed by atoms with Crippen LogP contribution in [0.4, 0.5) is 42.1 Å². The lowest BCUT2D eigenvalue weighted by atomic mass is 9.91. The minimum atomic E-state index is -5.05. The SMILES string of the molecule is CCN1CC2(CCN(c3nc(OC[C@@]45CCCN4C[C@H](F)C5)nc4c(F)c(-c5ccc(F)c6sc(N)nc56)c(C(F)(F)F)cc34)CC2)OC1=O. The van der Waals surface area contributed by atoms with Gasteiger partial charge in [-0.05, 0) is 44.5 Å². The number of carbonyl (C=O) groups is 1. The third kappa shape index (κ3) is 5.34. The Hall–Kier alpha value is -4.12. The van der Waals surface area contributed by atoms with Crippen LogP contribution in [0.5, 0.6) is 6.01 Å². The van der Waals surface area contributed by atoms with Gasteiger partial charge in [0.15, 0.2) is 10.9 Å². The Kier molecular flexibility index (Phi) is 7.74. The maximum atomic E-state index is 16.9. The number of anilines is 2. The molecule has 2 N–H and O–H groups in total. The summed E-state index contributed by atoms with van der Waals surface area (Å²) < 4.78 is 103. The van der Waals surface area contributed by atoms with Crippen LogP contribution in [0.15, 0.2) is 18.2 Å². The van der Waals surface area contributed by atoms with Crippen LogP contribution in [0.1, 0.15) is 44.6 Å². The number of likely N-dealkylation sites (N-methyl/N-ethyl adjacent to an activating group) is 1. The molecule has 4 aliphatic heterocycles. The van der Waals surface area contributed by atoms with Gasteiger partial charge >= 0.3 is 18.3 Å². The number of nitrogens with two attached hydrogens (primary N) is 1. The van der Waals surface area contributed by atoms with Gasteiger partial charge in [-0.15, -0.1) is 0 Å². The number of carbonyl (C=O) groups excluding carboxylic acids is 1. The van der Waals surface area contributed by atoms with Gasteiger partial charge in [-0.1, -0.05) is 11.3 Å². The Labute approximate surface area is 286 Å². The fourth-order valence-electron chi connectivity index (χ4n) is 8.15. The minimum absolute atomic E-state index is 0.01000. The first-order valence-electron chi connectivity index (χ1n) is 16.5. The second-order valence-corrected chi connectivity index (χ2v) is 14.6. The number of alkyl halides is 4. The van der Waals surface area contributed by atoms with Crippen LogP contribution in [-0.2, 0) is 10.9 Å². The van der Waals surface area contributed by atoms with E-state index in [1.165, 1.54) is 0 Å². The minimum Gasteiger partial charge on any atom is -0.461 e. The van der Waals surface area contributed by atoms with Crippen molar-refractivity contribution >= 4 is 49.5 Å². The fourth-order valence-corrected chi connectivity index (χ4v) is 8.91. The molecular formula is C33H33F6N7O3S. The first-order chi connectivity index (χ1) is 23.8. The number of rotatable bonds is 6. The van der Waals surface area contributed by atoms with Gasteiger partial charge in [0.2, 0.25) is 0 Å². The Morgan fingerprint density at radius 3 is 2.60 bits per heavy atom. The number of fused-ring (bicyclic) bond motifs is 3. The Morgan fingerprint density at radius 2 is 1.88 bits per heavy atom. The van der Waals surface area contributed by atoms with E-state index in [0.29, 0.717) is 38.9 Å². The zero-order valence-corrected chi connectivity index (χ0v) is 27.8. The lowest BCUT2D eigenvalue weighted by molar-refractivity contribution is -0.137. The van der Waals surface area contributed by atoms with Crippen molar-refractivity contribution in [2.75, 3.05) is 56.5 Å². The molecule has 4 aromatic rings. The number of piperidine rings is 1. The maximum Gasteiger partial charge on any atom is 0.417 e. The highest BCUT2D eigenvalue weighted by Gasteiger charge is 2.50. The summed E-state index contributed by atoms with van der Waals surface area (Å²) in [5.74, 6) is -2.05. The summed E-state index contributed by atoms with van der Waals surface area (Å²) in [5, 5.41) is -0.302. The van der Waals surface area contributed by atoms with Crippen LogP contribution >= 0.6 is 11.3 Å². The highest BCUT2D eigenvalue weighted by atomic mass is 32.1. The van der Waals surface area contributed by atoms with Gasteiger partial charge in [0, 0.05) is 62.0 Å². The van der Waals surface area contributed by atoms with E-state index in [9.17, 15) is 26.7 Å². The van der Waals surface area contributed by atoms with Gasteiger partial charge < -0.3 is 25.0 Å². The van der Waals surface area contributed by atoms with Gasteiger partial charge in [0.05, 0.1) is 27.9 Å². The number of ether oxygens (including phenoxy) is 2. The summed E-state index contributed by atoms with van der Waals surface area (Å²) in [6.07, 6.45) is -4.01. The van der Waals surface area contributed by atoms with Gasteiger partial charge in [-0.2, -0.15) is 23.1 Å². The van der Waals surface area contributed by atoms with Crippen LogP contribution in [0.25, 0.3) is 32.2 Å². The standard InChI is InChI=1S/C33H33F6N7O3S/c1-2-44-15-32(49-30(44)47)7-10-45(11-8-32)27-19-12-20(33(37,38)39)22(18-4-5-21(35)26-25(18)41-28(40)50-26)23(36)24(19)42-29(43-27)48-16-31-6-3-9-46(31)14-17(34)13-31/h4-5,12,17H,2-3,6-11,13-16H2,1H3,(H2,40,41)/t17-,31+/m1/s1. The highest BCUT2D eigenvalue weighted by molar-refractivity contribution is 7.22. The molecule has 0 saturated carbocycles. The number of hydrogen-bond acceptors (Lipinski definition) is 10. The molecule has 8 rings (SSSR count). The fraction of sp³-hybridized carbons (Fsp3) is 0.515. The van der Waals surface area contributed by atoms with Crippen molar-refractivity contribution in [1.82, 2.24) is 24.8 Å². The van der Waals surface area contributed by atoms with Crippen molar-refractivity contribution in [2.45, 2.75) is 62.5 Å². The van der Waals surface area contributed by atoms with E-state index >= 15 is 4.39 Å². The van der Waals surface area contributed by atoms with Crippen LogP contribution in [0.3, 0.4) is 0 Å². The molecule has 0 aliphatic carbocycles. The average Bonchev–Trinajstić information content (AvgIpc) is 3.81. The topological polar surface area (TPSA) is 110 Å². The van der Waals surface area contributed by atoms with E-state index in [0.717, 1.165) is 36.0 Å². The molecular weight excluding hydrogens is 688 g/mol. The maximum absolute atomic E-state index is 16.9. The molecule has 17 heteroatoms. The molecule has 2 aromatic heterocycles. The van der Waals surface area contributed by atoms with Crippen molar-refractivity contribution in [3.8, 4) is 17.1 Å². The number of benzene rings is 2. The number of aromatic nitrogens is 3. The van der Waals surface area contributed by atoms with Crippen molar-refractivity contribution < 1.29 is 40.6 Å². The molecule has 50 heavy (non-hydrogen) atoms. The summed E-state index contributed by atoms with van der Waals surface area (Å²) in [6.45, 7) is 4.15. The molecule has 266 valence electrons. The Balaban J connectivity index is 1.26. The highest BCUT2D eigenvalue weighted by Crippen LogP contribution is 2.47. The number of thiazole rings is 1. The molecule has 4 aliphatic rings. The first kappa shape index (κ1) is 33.0. The Morgan fingerprint density at radius 1 is 1.10 bits per heavy atom. The summed E-state index contributed by atoms with van der Waals surface area (Å²) in [4.78, 5) is 30.7. The van der Waals surface area contributed by atoms with Gasteiger partial charge in [0.1, 0.15) is 35.5 Å². The molecule has 2 atom stereocenters. The zero-order valence-electron chi connectivity index (χ0n) is 27.0. The van der Waals surface area contributed by atoms with Crippen molar-refractivity contribution in [3.63, 3.8) is 0 Å². The molecule has 6 heterocycles. The number of hydrogen-bond donors (Lipinski definition) is 1. The normalized spacial score (nSPS) is 23.8. The van der Waals surface area contributed by atoms with Crippen molar-refractivity contribution in [2.24, 2.45) is 0 Å². The number of nitrogen functional groups attached to an aromatic ring is 1. The average molecular weight is 722 g/mol. The number of amides is 1. The summed E-state index contributed by atoms with van der Waals surface area (Å²) in [5.41, 5.74) is 1.32. The summed E-state index contributed by atoms with van der Waals surface area (Å²) in [7, 11) is 0. The first-order valence-corrected chi connectivity index (χ1v) is 17.3. The lowest BCUT2D eigenvalue weighted by Gasteiger charge is -2.38. The Bertz CT molecular complexity index is 2020. The van der Waals surface area contributed by atoms with Crippen LogP contribution in [0, 0.1) is 11.6 Å². The zero-order chi connectivity index (χ0) is 35.2. The predicted molar refractivity (Wildman–Crippen MR) is 174 cm³/mol. The van der Waals surface area contributed by atoms with Crippen LogP contribution < -0.4 is 15.4 Å². The van der Waals surface area contributed by atoms with Crippen LogP contribution in [0.2, 0.25) is 0 Å². The largest absolute Gasteiger partial charge is 0.461 e. The number of halogens is 6. The van der Waals surface area contributed by atoms with Gasteiger partial charge in [-0.3, -0.25) is 4.90 Å². The summed E-state index contributed by atoms with van der Waals surface area (Å²) in [6, 6.07) is 2.53. The molecule has 0 bridgehead atoms. The van der Waals surface area contributed by atoms with E-state index in [4.69, 9.17) is 15.2 Å². The molecule has 1 amide bonds.